The number of hydrogen-bond donors (Lipinski definition) is 2. The van der Waals surface area contributed by atoms with Gasteiger partial charge in [-0.3, -0.25) is 9.78 Å². The van der Waals surface area contributed by atoms with Crippen LogP contribution in [0.2, 0.25) is 0 Å². The van der Waals surface area contributed by atoms with Gasteiger partial charge < -0.3 is 10.6 Å². The summed E-state index contributed by atoms with van der Waals surface area (Å²) in [7, 11) is 0. The standard InChI is InChI=1S/C17H21N3O/c1-14-2-4-15(5-3-14)13-20-17(21)8-11-19-12-16-6-9-18-10-7-16/h2-7,9-10,19H,8,11-13H2,1H3,(H,20,21). The highest BCUT2D eigenvalue weighted by molar-refractivity contribution is 5.76. The second-order valence-electron chi connectivity index (χ2n) is 5.04. The number of rotatable bonds is 7. The van der Waals surface area contributed by atoms with E-state index in [1.165, 1.54) is 11.1 Å². The summed E-state index contributed by atoms with van der Waals surface area (Å²) in [6, 6.07) is 12.1. The van der Waals surface area contributed by atoms with Crippen molar-refractivity contribution in [3.63, 3.8) is 0 Å². The van der Waals surface area contributed by atoms with E-state index in [-0.39, 0.29) is 5.91 Å². The first kappa shape index (κ1) is 15.2. The predicted molar refractivity (Wildman–Crippen MR) is 83.6 cm³/mol. The number of pyridine rings is 1. The molecule has 0 aliphatic carbocycles. The third-order valence-corrected chi connectivity index (χ3v) is 3.22. The summed E-state index contributed by atoms with van der Waals surface area (Å²) in [6.07, 6.45) is 4.02. The molecule has 4 heteroatoms. The SMILES string of the molecule is Cc1ccc(CNC(=O)CCNCc2ccncc2)cc1. The quantitative estimate of drug-likeness (QED) is 0.766. The van der Waals surface area contributed by atoms with Crippen LogP contribution in [-0.4, -0.2) is 17.4 Å². The van der Waals surface area contributed by atoms with Gasteiger partial charge in [0, 0.05) is 38.4 Å². The van der Waals surface area contributed by atoms with Crippen LogP contribution in [0.5, 0.6) is 0 Å². The van der Waals surface area contributed by atoms with Crippen molar-refractivity contribution < 1.29 is 4.79 Å². The van der Waals surface area contributed by atoms with Crippen molar-refractivity contribution >= 4 is 5.91 Å². The lowest BCUT2D eigenvalue weighted by Gasteiger charge is -2.07. The van der Waals surface area contributed by atoms with Gasteiger partial charge in [0.2, 0.25) is 5.91 Å². The Morgan fingerprint density at radius 1 is 1.00 bits per heavy atom. The summed E-state index contributed by atoms with van der Waals surface area (Å²) < 4.78 is 0. The van der Waals surface area contributed by atoms with Crippen LogP contribution in [0.1, 0.15) is 23.1 Å². The number of aryl methyl sites for hydroxylation is 1. The van der Waals surface area contributed by atoms with E-state index in [1.54, 1.807) is 12.4 Å². The number of aromatic nitrogens is 1. The molecule has 1 aromatic heterocycles. The number of carbonyl (C=O) groups excluding carboxylic acids is 1. The Balaban J connectivity index is 1.60. The fourth-order valence-corrected chi connectivity index (χ4v) is 1.93. The molecule has 2 N–H and O–H groups in total. The molecular weight excluding hydrogens is 262 g/mol. The minimum atomic E-state index is 0.0674. The summed E-state index contributed by atoms with van der Waals surface area (Å²) in [5.74, 6) is 0.0674. The van der Waals surface area contributed by atoms with E-state index in [2.05, 4.69) is 34.7 Å². The van der Waals surface area contributed by atoms with E-state index in [0.29, 0.717) is 19.5 Å². The van der Waals surface area contributed by atoms with Crippen LogP contribution in [0.15, 0.2) is 48.8 Å². The number of nitrogens with one attached hydrogen (secondary N) is 2. The normalized spacial score (nSPS) is 10.3. The maximum atomic E-state index is 11.7. The Labute approximate surface area is 125 Å². The van der Waals surface area contributed by atoms with Gasteiger partial charge in [0.25, 0.3) is 0 Å². The molecule has 0 aliphatic heterocycles. The fraction of sp³-hybridized carbons (Fsp3) is 0.294. The van der Waals surface area contributed by atoms with Gasteiger partial charge in [-0.1, -0.05) is 29.8 Å². The molecule has 0 radical (unpaired) electrons. The number of hydrogen-bond acceptors (Lipinski definition) is 3. The highest BCUT2D eigenvalue weighted by Crippen LogP contribution is 2.02. The van der Waals surface area contributed by atoms with Gasteiger partial charge in [0.05, 0.1) is 0 Å². The second-order valence-corrected chi connectivity index (χ2v) is 5.04. The van der Waals surface area contributed by atoms with E-state index in [4.69, 9.17) is 0 Å². The van der Waals surface area contributed by atoms with E-state index in [1.807, 2.05) is 24.3 Å². The molecule has 1 amide bonds. The average Bonchev–Trinajstić information content (AvgIpc) is 2.52. The van der Waals surface area contributed by atoms with Crippen LogP contribution < -0.4 is 10.6 Å². The van der Waals surface area contributed by atoms with Gasteiger partial charge in [-0.05, 0) is 30.2 Å². The van der Waals surface area contributed by atoms with Gasteiger partial charge in [-0.15, -0.1) is 0 Å². The molecule has 0 saturated carbocycles. The van der Waals surface area contributed by atoms with Gasteiger partial charge in [-0.25, -0.2) is 0 Å². The molecule has 2 aromatic rings. The monoisotopic (exact) mass is 283 g/mol. The van der Waals surface area contributed by atoms with Crippen molar-refractivity contribution in [1.82, 2.24) is 15.6 Å². The van der Waals surface area contributed by atoms with Crippen LogP contribution >= 0.6 is 0 Å². The molecule has 21 heavy (non-hydrogen) atoms. The van der Waals surface area contributed by atoms with Gasteiger partial charge in [0.15, 0.2) is 0 Å². The average molecular weight is 283 g/mol. The van der Waals surface area contributed by atoms with Crippen molar-refractivity contribution in [2.24, 2.45) is 0 Å². The molecule has 110 valence electrons. The number of carbonyl (C=O) groups is 1. The molecular formula is C17H21N3O. The zero-order valence-corrected chi connectivity index (χ0v) is 12.3. The first-order valence-corrected chi connectivity index (χ1v) is 7.16. The summed E-state index contributed by atoms with van der Waals surface area (Å²) in [5.41, 5.74) is 3.52. The van der Waals surface area contributed by atoms with E-state index in [9.17, 15) is 4.79 Å². The Morgan fingerprint density at radius 3 is 2.38 bits per heavy atom. The molecule has 0 spiro atoms. The Kier molecular flexibility index (Phi) is 5.91. The Morgan fingerprint density at radius 2 is 1.67 bits per heavy atom. The summed E-state index contributed by atoms with van der Waals surface area (Å²) in [4.78, 5) is 15.7. The van der Waals surface area contributed by atoms with Crippen LogP contribution in [0.4, 0.5) is 0 Å². The molecule has 0 fully saturated rings. The smallest absolute Gasteiger partial charge is 0.221 e. The third-order valence-electron chi connectivity index (χ3n) is 3.22. The Hall–Kier alpha value is -2.20. The first-order chi connectivity index (χ1) is 10.2. The number of nitrogens with zero attached hydrogens (tertiary/aromatic N) is 1. The number of amides is 1. The molecule has 0 saturated heterocycles. The van der Waals surface area contributed by atoms with Crippen LogP contribution in [0.25, 0.3) is 0 Å². The molecule has 1 aromatic carbocycles. The largest absolute Gasteiger partial charge is 0.352 e. The fourth-order valence-electron chi connectivity index (χ4n) is 1.93. The second kappa shape index (κ2) is 8.17. The minimum Gasteiger partial charge on any atom is -0.352 e. The topological polar surface area (TPSA) is 54.0 Å². The molecule has 0 bridgehead atoms. The zero-order valence-electron chi connectivity index (χ0n) is 12.3. The van der Waals surface area contributed by atoms with E-state index < -0.39 is 0 Å². The van der Waals surface area contributed by atoms with Gasteiger partial charge in [-0.2, -0.15) is 0 Å². The summed E-state index contributed by atoms with van der Waals surface area (Å²) in [6.45, 7) is 4.07. The maximum Gasteiger partial charge on any atom is 0.221 e. The van der Waals surface area contributed by atoms with Crippen molar-refractivity contribution in [3.8, 4) is 0 Å². The number of benzene rings is 1. The van der Waals surface area contributed by atoms with Crippen LogP contribution in [0.3, 0.4) is 0 Å². The maximum absolute atomic E-state index is 11.7. The Bertz CT molecular complexity index is 552. The van der Waals surface area contributed by atoms with E-state index in [0.717, 1.165) is 12.1 Å². The van der Waals surface area contributed by atoms with Crippen LogP contribution in [0, 0.1) is 6.92 Å². The van der Waals surface area contributed by atoms with Gasteiger partial charge >= 0.3 is 0 Å². The molecule has 4 nitrogen and oxygen atoms in total. The summed E-state index contributed by atoms with van der Waals surface area (Å²) >= 11 is 0. The molecule has 0 atom stereocenters. The van der Waals surface area contributed by atoms with Crippen molar-refractivity contribution in [2.45, 2.75) is 26.4 Å². The highest BCUT2D eigenvalue weighted by Gasteiger charge is 2.01. The highest BCUT2D eigenvalue weighted by atomic mass is 16.1. The minimum absolute atomic E-state index is 0.0674. The van der Waals surface area contributed by atoms with Crippen molar-refractivity contribution in [1.29, 1.82) is 0 Å². The molecule has 1 heterocycles. The zero-order chi connectivity index (χ0) is 14.9. The van der Waals surface area contributed by atoms with Crippen molar-refractivity contribution in [2.75, 3.05) is 6.54 Å². The lowest BCUT2D eigenvalue weighted by Crippen LogP contribution is -2.27. The first-order valence-electron chi connectivity index (χ1n) is 7.16. The van der Waals surface area contributed by atoms with Gasteiger partial charge in [0.1, 0.15) is 0 Å². The third kappa shape index (κ3) is 5.75. The summed E-state index contributed by atoms with van der Waals surface area (Å²) in [5, 5.41) is 6.18. The van der Waals surface area contributed by atoms with E-state index >= 15 is 0 Å². The lowest BCUT2D eigenvalue weighted by atomic mass is 10.1. The molecule has 0 aliphatic rings. The molecule has 0 unspecified atom stereocenters. The van der Waals surface area contributed by atoms with Crippen molar-refractivity contribution in [3.05, 3.63) is 65.5 Å². The van der Waals surface area contributed by atoms with Crippen LogP contribution in [-0.2, 0) is 17.9 Å². The molecule has 2 rings (SSSR count). The predicted octanol–water partition coefficient (Wildman–Crippen LogP) is 2.19. The lowest BCUT2D eigenvalue weighted by molar-refractivity contribution is -0.121.